The summed E-state index contributed by atoms with van der Waals surface area (Å²) in [5.74, 6) is 1.47. The second-order valence-corrected chi connectivity index (χ2v) is 17.0. The minimum Gasteiger partial charge on any atom is -0.497 e. The first kappa shape index (κ1) is 39.4. The molecule has 0 saturated carbocycles. The summed E-state index contributed by atoms with van der Waals surface area (Å²) < 4.78 is 36.1. The number of aromatic amines is 1. The van der Waals surface area contributed by atoms with Gasteiger partial charge in [0.25, 0.3) is 5.56 Å². The Kier molecular flexibility index (Phi) is 13.1. The van der Waals surface area contributed by atoms with Gasteiger partial charge in [-0.3, -0.25) is 9.36 Å². The fraction of sp³-hybridized carbons (Fsp3) is 0.400. The lowest BCUT2D eigenvalue weighted by Crippen LogP contribution is -2.38. The highest BCUT2D eigenvalue weighted by molar-refractivity contribution is 8.53. The van der Waals surface area contributed by atoms with Crippen molar-refractivity contribution in [2.24, 2.45) is 0 Å². The molecule has 3 heterocycles. The van der Waals surface area contributed by atoms with Gasteiger partial charge in [0.2, 0.25) is 0 Å². The van der Waals surface area contributed by atoms with Gasteiger partial charge < -0.3 is 28.5 Å². The van der Waals surface area contributed by atoms with E-state index in [2.05, 4.69) is 65.5 Å². The molecule has 5 aromatic rings. The molecule has 3 aromatic carbocycles. The third kappa shape index (κ3) is 8.35. The van der Waals surface area contributed by atoms with E-state index < -0.39 is 25.4 Å². The Hall–Kier alpha value is -4.28. The standard InChI is InChI=1S/C40H47N6O6PS/c1-27(2)46(28(3)4)53(51-22-10-21-41)54-35-23-36(45-26-44-37-38(45)42-25-43-39(37)47)52-34(35)24-50-40(29-11-8-7-9-12-29,30-13-17-32(48-5)18-14-30)31-15-19-33(49-6)20-16-31/h7-9,11-20,25-28,34-36H,10,22-24H2,1-6H3,(H,42,43,47)/t34-,35-,36-,53?/m1/s1. The van der Waals surface area contributed by atoms with Gasteiger partial charge in [-0.2, -0.15) is 5.26 Å². The van der Waals surface area contributed by atoms with Crippen LogP contribution >= 0.6 is 18.9 Å². The molecular formula is C40H47N6O6PS. The molecule has 2 aromatic heterocycles. The topological polar surface area (TPSA) is 137 Å². The predicted octanol–water partition coefficient (Wildman–Crippen LogP) is 7.81. The molecule has 0 amide bonds. The summed E-state index contributed by atoms with van der Waals surface area (Å²) >= 11 is 1.73. The second-order valence-electron chi connectivity index (χ2n) is 13.4. The summed E-state index contributed by atoms with van der Waals surface area (Å²) in [6, 6.07) is 28.7. The molecule has 1 fully saturated rings. The Balaban J connectivity index is 1.43. The van der Waals surface area contributed by atoms with E-state index in [1.54, 1.807) is 31.9 Å². The monoisotopic (exact) mass is 770 g/mol. The van der Waals surface area contributed by atoms with Crippen molar-refractivity contribution >= 4 is 30.0 Å². The molecule has 1 aliphatic rings. The number of imidazole rings is 1. The maximum atomic E-state index is 12.6. The van der Waals surface area contributed by atoms with Crippen molar-refractivity contribution < 1.29 is 23.5 Å². The molecule has 0 radical (unpaired) electrons. The van der Waals surface area contributed by atoms with Gasteiger partial charge in [-0.15, -0.1) is 0 Å². The van der Waals surface area contributed by atoms with Crippen LogP contribution in [0.25, 0.3) is 11.2 Å². The first-order valence-corrected chi connectivity index (χ1v) is 20.7. The Morgan fingerprint density at radius 1 is 0.963 bits per heavy atom. The lowest BCUT2D eigenvalue weighted by molar-refractivity contribution is -0.0747. The van der Waals surface area contributed by atoms with E-state index >= 15 is 0 Å². The second kappa shape index (κ2) is 17.9. The maximum Gasteiger partial charge on any atom is 0.278 e. The molecular weight excluding hydrogens is 724 g/mol. The van der Waals surface area contributed by atoms with E-state index in [9.17, 15) is 10.1 Å². The number of nitrogens with zero attached hydrogens (tertiary/aromatic N) is 5. The van der Waals surface area contributed by atoms with Crippen molar-refractivity contribution in [1.29, 1.82) is 5.26 Å². The zero-order chi connectivity index (χ0) is 38.2. The van der Waals surface area contributed by atoms with E-state index in [1.807, 2.05) is 71.3 Å². The van der Waals surface area contributed by atoms with Gasteiger partial charge in [0.05, 0.1) is 58.7 Å². The number of nitrogens with one attached hydrogen (secondary N) is 1. The van der Waals surface area contributed by atoms with Gasteiger partial charge in [-0.05, 0) is 68.7 Å². The van der Waals surface area contributed by atoms with E-state index in [0.29, 0.717) is 25.1 Å². The highest BCUT2D eigenvalue weighted by Crippen LogP contribution is 2.61. The van der Waals surface area contributed by atoms with Crippen molar-refractivity contribution in [3.63, 3.8) is 0 Å². The first-order chi connectivity index (χ1) is 26.2. The largest absolute Gasteiger partial charge is 0.497 e. The van der Waals surface area contributed by atoms with Crippen molar-refractivity contribution in [3.05, 3.63) is 119 Å². The van der Waals surface area contributed by atoms with Crippen molar-refractivity contribution in [1.82, 2.24) is 24.2 Å². The molecule has 1 N–H and O–H groups in total. The van der Waals surface area contributed by atoms with Crippen LogP contribution in [0.3, 0.4) is 0 Å². The number of hydrogen-bond acceptors (Lipinski definition) is 11. The van der Waals surface area contributed by atoms with Crippen LogP contribution in [0.1, 0.15) is 63.5 Å². The van der Waals surface area contributed by atoms with Gasteiger partial charge >= 0.3 is 0 Å². The first-order valence-electron chi connectivity index (χ1n) is 18.0. The summed E-state index contributed by atoms with van der Waals surface area (Å²) in [5.41, 5.74) is 2.10. The van der Waals surface area contributed by atoms with Gasteiger partial charge in [0, 0.05) is 23.8 Å². The Bertz CT molecular complexity index is 2000. The van der Waals surface area contributed by atoms with Gasteiger partial charge in [0.1, 0.15) is 23.3 Å². The lowest BCUT2D eigenvalue weighted by Gasteiger charge is -2.39. The molecule has 12 nitrogen and oxygen atoms in total. The smallest absolute Gasteiger partial charge is 0.278 e. The van der Waals surface area contributed by atoms with Crippen LogP contribution in [-0.2, 0) is 19.6 Å². The summed E-state index contributed by atoms with van der Waals surface area (Å²) in [6.45, 7) is 9.18. The summed E-state index contributed by atoms with van der Waals surface area (Å²) in [4.78, 5) is 24.1. The molecule has 4 atom stereocenters. The molecule has 1 aliphatic heterocycles. The fourth-order valence-corrected chi connectivity index (χ4v) is 12.2. The van der Waals surface area contributed by atoms with Crippen molar-refractivity contribution in [2.45, 2.75) is 75.8 Å². The predicted molar refractivity (Wildman–Crippen MR) is 212 cm³/mol. The van der Waals surface area contributed by atoms with Crippen LogP contribution in [-0.4, -0.2) is 75.1 Å². The summed E-state index contributed by atoms with van der Waals surface area (Å²) in [7, 11) is 2.09. The molecule has 284 valence electrons. The van der Waals surface area contributed by atoms with E-state index in [0.717, 1.165) is 28.2 Å². The minimum atomic E-state index is -1.21. The van der Waals surface area contributed by atoms with Crippen LogP contribution < -0.4 is 15.0 Å². The average molecular weight is 771 g/mol. The zero-order valence-electron chi connectivity index (χ0n) is 31.4. The number of aromatic nitrogens is 4. The molecule has 54 heavy (non-hydrogen) atoms. The molecule has 1 unspecified atom stereocenters. The third-order valence-corrected chi connectivity index (χ3v) is 14.3. The number of methoxy groups -OCH3 is 2. The fourth-order valence-electron chi connectivity index (χ4n) is 6.90. The molecule has 0 bridgehead atoms. The normalized spacial score (nSPS) is 18.0. The number of ether oxygens (including phenoxy) is 4. The average Bonchev–Trinajstić information content (AvgIpc) is 3.80. The van der Waals surface area contributed by atoms with Crippen LogP contribution in [0.15, 0.2) is 96.3 Å². The summed E-state index contributed by atoms with van der Waals surface area (Å²) in [6.07, 6.45) is 2.97. The van der Waals surface area contributed by atoms with Crippen LogP contribution in [0.4, 0.5) is 0 Å². The summed E-state index contributed by atoms with van der Waals surface area (Å²) in [5, 5.41) is 9.25. The van der Waals surface area contributed by atoms with Crippen LogP contribution in [0, 0.1) is 11.3 Å². The van der Waals surface area contributed by atoms with E-state index in [1.165, 1.54) is 6.33 Å². The lowest BCUT2D eigenvalue weighted by atomic mass is 9.80. The molecule has 0 aliphatic carbocycles. The van der Waals surface area contributed by atoms with E-state index in [-0.39, 0.29) is 35.0 Å². The number of nitriles is 1. The van der Waals surface area contributed by atoms with Crippen molar-refractivity contribution in [2.75, 3.05) is 27.4 Å². The number of H-pyrrole nitrogens is 1. The number of fused-ring (bicyclic) bond motifs is 1. The van der Waals surface area contributed by atoms with Gasteiger partial charge in [0.15, 0.2) is 18.7 Å². The maximum absolute atomic E-state index is 12.6. The Labute approximate surface area is 321 Å². The quantitative estimate of drug-likeness (QED) is 0.0563. The number of rotatable bonds is 17. The Morgan fingerprint density at radius 2 is 1.57 bits per heavy atom. The third-order valence-electron chi connectivity index (χ3n) is 9.38. The SMILES string of the molecule is COc1ccc(C(OC[C@H]2O[C@@H](n3cnc4c(=O)[nH]cnc43)C[C@H]2SP(OCCC#N)N(C(C)C)C(C)C)(c2ccccc2)c2ccc(OC)cc2)cc1. The number of hydrogen-bond donors (Lipinski definition) is 1. The van der Waals surface area contributed by atoms with E-state index in [4.69, 9.17) is 23.5 Å². The van der Waals surface area contributed by atoms with Gasteiger partial charge in [-0.25, -0.2) is 14.6 Å². The molecule has 1 saturated heterocycles. The molecule has 6 rings (SSSR count). The van der Waals surface area contributed by atoms with Crippen molar-refractivity contribution in [3.8, 4) is 17.6 Å². The Morgan fingerprint density at radius 3 is 2.15 bits per heavy atom. The minimum absolute atomic E-state index is 0.108. The molecule has 0 spiro atoms. The van der Waals surface area contributed by atoms with Crippen LogP contribution in [0.5, 0.6) is 11.5 Å². The highest BCUT2D eigenvalue weighted by atomic mass is 32.7. The highest BCUT2D eigenvalue weighted by Gasteiger charge is 2.45. The van der Waals surface area contributed by atoms with Crippen LogP contribution in [0.2, 0.25) is 0 Å². The van der Waals surface area contributed by atoms with Gasteiger partial charge in [-0.1, -0.05) is 66.0 Å². The zero-order valence-corrected chi connectivity index (χ0v) is 33.1. The molecule has 14 heteroatoms. The number of benzene rings is 3.